The van der Waals surface area contributed by atoms with E-state index in [1.165, 1.54) is 12.1 Å². The molecule has 18 heavy (non-hydrogen) atoms. The number of halogens is 3. The molecule has 0 aliphatic carbocycles. The Balaban J connectivity index is 3.42. The maximum atomic E-state index is 12.5. The second kappa shape index (κ2) is 5.58. The van der Waals surface area contributed by atoms with E-state index in [0.717, 1.165) is 6.42 Å². The van der Waals surface area contributed by atoms with Crippen molar-refractivity contribution in [1.82, 2.24) is 0 Å². The Morgan fingerprint density at radius 3 is 2.06 bits per heavy atom. The molecule has 0 radical (unpaired) electrons. The molecule has 0 spiro atoms. The molecule has 0 N–H and O–H groups in total. The van der Waals surface area contributed by atoms with Gasteiger partial charge in [-0.1, -0.05) is 48.1 Å². The number of rotatable bonds is 4. The largest absolute Gasteiger partial charge is 0.223 e. The Bertz CT molecular complexity index is 551. The summed E-state index contributed by atoms with van der Waals surface area (Å²) in [7, 11) is -3.55. The quantitative estimate of drug-likeness (QED) is 0.728. The van der Waals surface area contributed by atoms with Gasteiger partial charge < -0.3 is 0 Å². The van der Waals surface area contributed by atoms with Gasteiger partial charge in [-0.2, -0.15) is 0 Å². The monoisotopic (exact) mass is 328 g/mol. The van der Waals surface area contributed by atoms with E-state index < -0.39 is 14.6 Å². The van der Waals surface area contributed by atoms with E-state index in [1.807, 2.05) is 6.92 Å². The molecule has 0 amide bonds. The van der Waals surface area contributed by atoms with Crippen LogP contribution in [0.15, 0.2) is 17.0 Å². The highest BCUT2D eigenvalue weighted by Gasteiger charge is 2.36. The van der Waals surface area contributed by atoms with Crippen LogP contribution < -0.4 is 0 Å². The molecule has 0 saturated heterocycles. The number of hydrogen-bond acceptors (Lipinski definition) is 2. The smallest absolute Gasteiger partial charge is 0.185 e. The summed E-state index contributed by atoms with van der Waals surface area (Å²) < 4.78 is 24.2. The highest BCUT2D eigenvalue weighted by atomic mass is 35.5. The van der Waals surface area contributed by atoms with Crippen LogP contribution in [0.25, 0.3) is 0 Å². The van der Waals surface area contributed by atoms with Crippen molar-refractivity contribution in [3.8, 4) is 0 Å². The lowest BCUT2D eigenvalue weighted by molar-refractivity contribution is 0.523. The minimum atomic E-state index is -3.55. The lowest BCUT2D eigenvalue weighted by Crippen LogP contribution is -2.32. The molecular formula is C12H15Cl3O2S. The van der Waals surface area contributed by atoms with Gasteiger partial charge in [0.05, 0.1) is 24.7 Å². The summed E-state index contributed by atoms with van der Waals surface area (Å²) in [6.07, 6.45) is 1.32. The topological polar surface area (TPSA) is 34.1 Å². The van der Waals surface area contributed by atoms with E-state index in [-0.39, 0.29) is 20.0 Å². The van der Waals surface area contributed by atoms with Gasteiger partial charge in [0.2, 0.25) is 0 Å². The molecule has 0 fully saturated rings. The van der Waals surface area contributed by atoms with Gasteiger partial charge in [0.25, 0.3) is 0 Å². The average molecular weight is 330 g/mol. The fourth-order valence-corrected chi connectivity index (χ4v) is 4.32. The van der Waals surface area contributed by atoms with Crippen LogP contribution in [0.1, 0.15) is 33.6 Å². The lowest BCUT2D eigenvalue weighted by atomic mass is 10.1. The first-order valence-electron chi connectivity index (χ1n) is 5.52. The molecule has 0 atom stereocenters. The molecule has 0 aliphatic heterocycles. The zero-order chi connectivity index (χ0) is 14.1. The van der Waals surface area contributed by atoms with Crippen LogP contribution in [0.4, 0.5) is 0 Å². The maximum Gasteiger partial charge on any atom is 0.185 e. The van der Waals surface area contributed by atoms with Gasteiger partial charge in [-0.3, -0.25) is 0 Å². The Hall–Kier alpha value is 0.0400. The van der Waals surface area contributed by atoms with Crippen LogP contribution in [0.3, 0.4) is 0 Å². The zero-order valence-corrected chi connectivity index (χ0v) is 13.5. The number of sulfone groups is 1. The molecule has 6 heteroatoms. The van der Waals surface area contributed by atoms with Crippen LogP contribution >= 0.6 is 34.8 Å². The van der Waals surface area contributed by atoms with Gasteiger partial charge in [-0.15, -0.1) is 0 Å². The van der Waals surface area contributed by atoms with Crippen LogP contribution in [-0.4, -0.2) is 13.2 Å². The molecular weight excluding hydrogens is 315 g/mol. The second-order valence-corrected chi connectivity index (χ2v) is 8.48. The normalized spacial score (nSPS) is 12.8. The van der Waals surface area contributed by atoms with E-state index >= 15 is 0 Å². The summed E-state index contributed by atoms with van der Waals surface area (Å²) in [5, 5.41) is 0.537. The summed E-state index contributed by atoms with van der Waals surface area (Å²) in [4.78, 5) is 0.0389. The predicted octanol–water partition coefficient (Wildman–Crippen LogP) is 5.00. The standard InChI is InChI=1S/C12H15Cl3O2S/c1-4-5-12(2,3)18(16,17)11-7-9(14)8(13)6-10(11)15/h6-7H,4-5H2,1-3H3. The first kappa shape index (κ1) is 16.1. The van der Waals surface area contributed by atoms with E-state index in [4.69, 9.17) is 34.8 Å². The van der Waals surface area contributed by atoms with Crippen molar-refractivity contribution >= 4 is 44.6 Å². The summed E-state index contributed by atoms with van der Waals surface area (Å²) in [6, 6.07) is 2.68. The van der Waals surface area contributed by atoms with Crippen LogP contribution in [-0.2, 0) is 9.84 Å². The minimum Gasteiger partial charge on any atom is -0.223 e. The van der Waals surface area contributed by atoms with Crippen molar-refractivity contribution in [1.29, 1.82) is 0 Å². The third-order valence-electron chi connectivity index (χ3n) is 2.84. The van der Waals surface area contributed by atoms with Crippen molar-refractivity contribution in [2.75, 3.05) is 0 Å². The molecule has 0 heterocycles. The third-order valence-corrected chi connectivity index (χ3v) is 6.57. The highest BCUT2D eigenvalue weighted by Crippen LogP contribution is 2.37. The summed E-state index contributed by atoms with van der Waals surface area (Å²) in [5.74, 6) is 0. The fourth-order valence-electron chi connectivity index (χ4n) is 1.74. The molecule has 102 valence electrons. The molecule has 0 aliphatic rings. The number of hydrogen-bond donors (Lipinski definition) is 0. The SMILES string of the molecule is CCCC(C)(C)S(=O)(=O)c1cc(Cl)c(Cl)cc1Cl. The van der Waals surface area contributed by atoms with E-state index in [0.29, 0.717) is 6.42 Å². The van der Waals surface area contributed by atoms with Crippen LogP contribution in [0.5, 0.6) is 0 Å². The summed E-state index contributed by atoms with van der Waals surface area (Å²) in [5.41, 5.74) is 0. The molecule has 2 nitrogen and oxygen atoms in total. The average Bonchev–Trinajstić information content (AvgIpc) is 2.22. The number of benzene rings is 1. The Morgan fingerprint density at radius 1 is 1.06 bits per heavy atom. The van der Waals surface area contributed by atoms with Gasteiger partial charge in [0.15, 0.2) is 9.84 Å². The molecule has 0 unspecified atom stereocenters. The summed E-state index contributed by atoms with van der Waals surface area (Å²) in [6.45, 7) is 5.31. The van der Waals surface area contributed by atoms with Gasteiger partial charge in [0.1, 0.15) is 0 Å². The lowest BCUT2D eigenvalue weighted by Gasteiger charge is -2.25. The van der Waals surface area contributed by atoms with Crippen molar-refractivity contribution in [2.45, 2.75) is 43.3 Å². The fraction of sp³-hybridized carbons (Fsp3) is 0.500. The molecule has 0 saturated carbocycles. The van der Waals surface area contributed by atoms with Gasteiger partial charge in [-0.05, 0) is 32.4 Å². The van der Waals surface area contributed by atoms with Crippen LogP contribution in [0, 0.1) is 0 Å². The third kappa shape index (κ3) is 2.96. The Labute approximate surface area is 123 Å². The van der Waals surface area contributed by atoms with Crippen molar-refractivity contribution in [3.05, 3.63) is 27.2 Å². The Kier molecular flexibility index (Phi) is 4.99. The molecule has 0 bridgehead atoms. The van der Waals surface area contributed by atoms with E-state index in [9.17, 15) is 8.42 Å². The predicted molar refractivity (Wildman–Crippen MR) is 77.6 cm³/mol. The van der Waals surface area contributed by atoms with Gasteiger partial charge >= 0.3 is 0 Å². The van der Waals surface area contributed by atoms with Crippen LogP contribution in [0.2, 0.25) is 15.1 Å². The first-order valence-corrected chi connectivity index (χ1v) is 8.14. The second-order valence-electron chi connectivity index (χ2n) is 4.71. The van der Waals surface area contributed by atoms with Gasteiger partial charge in [-0.25, -0.2) is 8.42 Å². The molecule has 1 aromatic rings. The van der Waals surface area contributed by atoms with Gasteiger partial charge in [0, 0.05) is 0 Å². The van der Waals surface area contributed by atoms with E-state index in [1.54, 1.807) is 13.8 Å². The van der Waals surface area contributed by atoms with Crippen molar-refractivity contribution in [2.24, 2.45) is 0 Å². The first-order chi connectivity index (χ1) is 8.13. The zero-order valence-electron chi connectivity index (χ0n) is 10.4. The minimum absolute atomic E-state index is 0.0389. The molecule has 1 aromatic carbocycles. The van der Waals surface area contributed by atoms with E-state index in [2.05, 4.69) is 0 Å². The summed E-state index contributed by atoms with van der Waals surface area (Å²) >= 11 is 17.6. The Morgan fingerprint density at radius 2 is 1.56 bits per heavy atom. The van der Waals surface area contributed by atoms with Crippen molar-refractivity contribution < 1.29 is 8.42 Å². The molecule has 1 rings (SSSR count). The maximum absolute atomic E-state index is 12.5. The molecule has 0 aromatic heterocycles. The van der Waals surface area contributed by atoms with Crippen molar-refractivity contribution in [3.63, 3.8) is 0 Å². The highest BCUT2D eigenvalue weighted by molar-refractivity contribution is 7.93.